The number of benzene rings is 3. The van der Waals surface area contributed by atoms with Gasteiger partial charge in [0.25, 0.3) is 0 Å². The third-order valence-corrected chi connectivity index (χ3v) is 12.1. The molecule has 0 spiro atoms. The standard InChI is InChI=1S/C53H79N3O4/c1-8-10-12-14-16-17-18-20-22-24-27-43(26-23-21-19-15-13-11-9-2)28-25-29-44-36-47(49(59)50(48(44)58)60-37-42(7)57)53-55-51(45-32-30-38(3)34-40(45)5)54-52(56-53)46-33-31-39(4)35-41(46)6/h30-36,42-43,57-59H,8-29,37H2,1-7H3. The van der Waals surface area contributed by atoms with Crippen LogP contribution in [0.25, 0.3) is 34.2 Å². The predicted molar refractivity (Wildman–Crippen MR) is 251 cm³/mol. The molecule has 4 aromatic rings. The summed E-state index contributed by atoms with van der Waals surface area (Å²) < 4.78 is 5.95. The molecule has 2 atom stereocenters. The molecular weight excluding hydrogens is 743 g/mol. The second-order valence-electron chi connectivity index (χ2n) is 17.9. The number of rotatable bonds is 29. The van der Waals surface area contributed by atoms with Crippen LogP contribution in [0.15, 0.2) is 42.5 Å². The molecule has 7 heteroatoms. The number of unbranched alkanes of at least 4 members (excludes halogenated alkanes) is 15. The molecule has 0 radical (unpaired) electrons. The quantitative estimate of drug-likeness (QED) is 0.0468. The molecule has 0 aliphatic carbocycles. The van der Waals surface area contributed by atoms with Gasteiger partial charge in [0.15, 0.2) is 29.0 Å². The van der Waals surface area contributed by atoms with Gasteiger partial charge in [0, 0.05) is 11.1 Å². The molecule has 0 aliphatic heterocycles. The lowest BCUT2D eigenvalue weighted by Crippen LogP contribution is -2.13. The Kier molecular flexibility index (Phi) is 21.4. The minimum absolute atomic E-state index is 0.0464. The van der Waals surface area contributed by atoms with Crippen LogP contribution in [0.1, 0.15) is 183 Å². The summed E-state index contributed by atoms with van der Waals surface area (Å²) in [6.07, 6.45) is 27.1. The zero-order chi connectivity index (χ0) is 43.3. The fourth-order valence-corrected chi connectivity index (χ4v) is 8.58. The van der Waals surface area contributed by atoms with Crippen LogP contribution in [0.4, 0.5) is 0 Å². The molecule has 0 aliphatic rings. The summed E-state index contributed by atoms with van der Waals surface area (Å²) in [5, 5.41) is 33.6. The van der Waals surface area contributed by atoms with Gasteiger partial charge in [-0.15, -0.1) is 0 Å². The Labute approximate surface area is 363 Å². The van der Waals surface area contributed by atoms with Crippen LogP contribution in [-0.2, 0) is 6.42 Å². The highest BCUT2D eigenvalue weighted by Gasteiger charge is 2.24. The predicted octanol–water partition coefficient (Wildman–Crippen LogP) is 14.7. The Morgan fingerprint density at radius 3 is 1.37 bits per heavy atom. The first kappa shape index (κ1) is 48.7. The van der Waals surface area contributed by atoms with Crippen LogP contribution in [0.5, 0.6) is 17.2 Å². The van der Waals surface area contributed by atoms with Crippen LogP contribution >= 0.6 is 0 Å². The third-order valence-electron chi connectivity index (χ3n) is 12.1. The van der Waals surface area contributed by atoms with E-state index in [1.165, 1.54) is 122 Å². The third kappa shape index (κ3) is 15.8. The summed E-state index contributed by atoms with van der Waals surface area (Å²) in [6.45, 7) is 14.3. The van der Waals surface area contributed by atoms with Gasteiger partial charge in [-0.05, 0) is 76.1 Å². The van der Waals surface area contributed by atoms with Crippen molar-refractivity contribution in [3.63, 3.8) is 0 Å². The van der Waals surface area contributed by atoms with Gasteiger partial charge in [-0.25, -0.2) is 15.0 Å². The summed E-state index contributed by atoms with van der Waals surface area (Å²) in [5.74, 6) is 1.58. The van der Waals surface area contributed by atoms with Crippen LogP contribution in [-0.4, -0.2) is 43.0 Å². The molecule has 0 saturated carbocycles. The zero-order valence-corrected chi connectivity index (χ0v) is 38.6. The Balaban J connectivity index is 1.60. The van der Waals surface area contributed by atoms with E-state index in [0.717, 1.165) is 46.2 Å². The van der Waals surface area contributed by atoms with E-state index in [0.29, 0.717) is 40.9 Å². The molecule has 0 amide bonds. The van der Waals surface area contributed by atoms with Gasteiger partial charge in [-0.1, -0.05) is 190 Å². The first-order valence-electron chi connectivity index (χ1n) is 23.8. The number of aromatic nitrogens is 3. The molecule has 7 nitrogen and oxygen atoms in total. The first-order valence-corrected chi connectivity index (χ1v) is 23.8. The second-order valence-corrected chi connectivity index (χ2v) is 17.9. The number of aromatic hydroxyl groups is 2. The van der Waals surface area contributed by atoms with Gasteiger partial charge in [0.05, 0.1) is 11.7 Å². The van der Waals surface area contributed by atoms with Gasteiger partial charge < -0.3 is 20.1 Å². The number of phenolic OH excluding ortho intramolecular Hbond substituents is 2. The number of aliphatic hydroxyl groups is 1. The molecule has 0 fully saturated rings. The highest BCUT2D eigenvalue weighted by atomic mass is 16.5. The fourth-order valence-electron chi connectivity index (χ4n) is 8.58. The van der Waals surface area contributed by atoms with Crippen molar-refractivity contribution in [3.8, 4) is 51.4 Å². The maximum Gasteiger partial charge on any atom is 0.204 e. The Morgan fingerprint density at radius 1 is 0.517 bits per heavy atom. The van der Waals surface area contributed by atoms with Crippen molar-refractivity contribution >= 4 is 0 Å². The molecule has 3 aromatic carbocycles. The number of hydrogen-bond donors (Lipinski definition) is 3. The average molecular weight is 822 g/mol. The van der Waals surface area contributed by atoms with Crippen LogP contribution in [0, 0.1) is 33.6 Å². The minimum Gasteiger partial charge on any atom is -0.504 e. The minimum atomic E-state index is -0.793. The van der Waals surface area contributed by atoms with E-state index in [1.807, 2.05) is 18.2 Å². The van der Waals surface area contributed by atoms with Crippen LogP contribution < -0.4 is 4.74 Å². The van der Waals surface area contributed by atoms with E-state index in [9.17, 15) is 15.3 Å². The van der Waals surface area contributed by atoms with Gasteiger partial charge in [-0.2, -0.15) is 0 Å². The van der Waals surface area contributed by atoms with Gasteiger partial charge in [0.2, 0.25) is 5.75 Å². The summed E-state index contributed by atoms with van der Waals surface area (Å²) in [7, 11) is 0. The van der Waals surface area contributed by atoms with E-state index in [1.54, 1.807) is 6.92 Å². The normalized spacial score (nSPS) is 12.5. The van der Waals surface area contributed by atoms with Gasteiger partial charge in [-0.3, -0.25) is 0 Å². The van der Waals surface area contributed by atoms with Crippen molar-refractivity contribution < 1.29 is 20.1 Å². The monoisotopic (exact) mass is 822 g/mol. The van der Waals surface area contributed by atoms with Gasteiger partial charge >= 0.3 is 0 Å². The largest absolute Gasteiger partial charge is 0.504 e. The van der Waals surface area contributed by atoms with E-state index < -0.39 is 6.10 Å². The Hall–Kier alpha value is -3.97. The van der Waals surface area contributed by atoms with E-state index >= 15 is 0 Å². The molecule has 1 heterocycles. The number of nitrogens with zero attached hydrogens (tertiary/aromatic N) is 3. The second kappa shape index (κ2) is 26.4. The lowest BCUT2D eigenvalue weighted by molar-refractivity contribution is 0.118. The number of ether oxygens (including phenoxy) is 1. The van der Waals surface area contributed by atoms with Crippen molar-refractivity contribution in [2.75, 3.05) is 6.61 Å². The maximum absolute atomic E-state index is 11.8. The lowest BCUT2D eigenvalue weighted by Gasteiger charge is -2.19. The molecule has 3 N–H and O–H groups in total. The molecule has 0 saturated heterocycles. The molecule has 0 bridgehead atoms. The molecular formula is C53H79N3O4. The summed E-state index contributed by atoms with van der Waals surface area (Å²) >= 11 is 0. The fraction of sp³-hybridized carbons (Fsp3) is 0.604. The van der Waals surface area contributed by atoms with Gasteiger partial charge in [0.1, 0.15) is 6.61 Å². The highest BCUT2D eigenvalue weighted by Crippen LogP contribution is 2.46. The summed E-state index contributed by atoms with van der Waals surface area (Å²) in [6, 6.07) is 14.2. The molecule has 4 rings (SSSR count). The first-order chi connectivity index (χ1) is 29.0. The van der Waals surface area contributed by atoms with Crippen LogP contribution in [0.2, 0.25) is 0 Å². The molecule has 330 valence electrons. The Bertz CT molecular complexity index is 1800. The van der Waals surface area contributed by atoms with E-state index in [2.05, 4.69) is 65.8 Å². The van der Waals surface area contributed by atoms with E-state index in [4.69, 9.17) is 19.7 Å². The highest BCUT2D eigenvalue weighted by molar-refractivity contribution is 5.76. The van der Waals surface area contributed by atoms with Crippen molar-refractivity contribution in [2.45, 2.75) is 196 Å². The average Bonchev–Trinajstić information content (AvgIpc) is 3.21. The number of aliphatic hydroxyl groups excluding tert-OH is 1. The van der Waals surface area contributed by atoms with Crippen molar-refractivity contribution in [2.24, 2.45) is 5.92 Å². The zero-order valence-electron chi connectivity index (χ0n) is 38.6. The summed E-state index contributed by atoms with van der Waals surface area (Å²) in [4.78, 5) is 15.0. The topological polar surface area (TPSA) is 109 Å². The maximum atomic E-state index is 11.8. The van der Waals surface area contributed by atoms with Crippen LogP contribution in [0.3, 0.4) is 0 Å². The van der Waals surface area contributed by atoms with Crippen molar-refractivity contribution in [1.29, 1.82) is 0 Å². The van der Waals surface area contributed by atoms with Crippen molar-refractivity contribution in [1.82, 2.24) is 15.0 Å². The van der Waals surface area contributed by atoms with Crippen molar-refractivity contribution in [3.05, 3.63) is 70.3 Å². The number of hydrogen-bond acceptors (Lipinski definition) is 7. The lowest BCUT2D eigenvalue weighted by atomic mass is 9.89. The molecule has 60 heavy (non-hydrogen) atoms. The smallest absolute Gasteiger partial charge is 0.204 e. The Morgan fingerprint density at radius 2 is 0.933 bits per heavy atom. The SMILES string of the molecule is CCCCCCCCCCCCC(CCCCCCCCC)CCCc1cc(-c2nc(-c3ccc(C)cc3C)nc(-c3ccc(C)cc3C)n2)c(O)c(OCC(C)O)c1O. The van der Waals surface area contributed by atoms with E-state index in [-0.39, 0.29) is 23.9 Å². The molecule has 2 unspecified atom stereocenters. The number of aryl methyl sites for hydroxylation is 5. The number of phenols is 2. The summed E-state index contributed by atoms with van der Waals surface area (Å²) in [5.41, 5.74) is 7.19. The molecule has 1 aromatic heterocycles.